The van der Waals surface area contributed by atoms with Crippen molar-refractivity contribution in [2.75, 3.05) is 40.5 Å². The van der Waals surface area contributed by atoms with E-state index in [-0.39, 0.29) is 5.43 Å². The fraction of sp³-hybridized carbons (Fsp3) is 0.348. The highest BCUT2D eigenvalue weighted by molar-refractivity contribution is 5.83. The Bertz CT molecular complexity index is 959. The first-order valence-electron chi connectivity index (χ1n) is 9.66. The first-order chi connectivity index (χ1) is 13.6. The van der Waals surface area contributed by atoms with Crippen LogP contribution >= 0.6 is 0 Å². The predicted molar refractivity (Wildman–Crippen MR) is 113 cm³/mol. The number of aromatic nitrogens is 1. The van der Waals surface area contributed by atoms with Gasteiger partial charge in [0.25, 0.3) is 0 Å². The molecule has 28 heavy (non-hydrogen) atoms. The van der Waals surface area contributed by atoms with E-state index in [1.54, 1.807) is 14.2 Å². The average Bonchev–Trinajstić information content (AvgIpc) is 2.72. The van der Waals surface area contributed by atoms with Gasteiger partial charge in [0.2, 0.25) is 0 Å². The van der Waals surface area contributed by atoms with Crippen LogP contribution in [0.3, 0.4) is 0 Å². The zero-order valence-electron chi connectivity index (χ0n) is 16.9. The molecule has 0 atom stereocenters. The molecule has 3 aromatic rings. The summed E-state index contributed by atoms with van der Waals surface area (Å²) in [5, 5.41) is 0.743. The number of fused-ring (bicyclic) bond motifs is 1. The monoisotopic (exact) mass is 381 g/mol. The van der Waals surface area contributed by atoms with Crippen molar-refractivity contribution < 1.29 is 14.4 Å². The molecule has 0 radical (unpaired) electrons. The van der Waals surface area contributed by atoms with Crippen molar-refractivity contribution in [3.63, 3.8) is 0 Å². The van der Waals surface area contributed by atoms with Crippen LogP contribution in [-0.2, 0) is 16.0 Å². The third-order valence-electron chi connectivity index (χ3n) is 5.06. The molecular weight excluding hydrogens is 352 g/mol. The van der Waals surface area contributed by atoms with Gasteiger partial charge in [-0.3, -0.25) is 4.79 Å². The Kier molecular flexibility index (Phi) is 6.98. The number of aryl methyl sites for hydroxylation is 1. The molecule has 5 heteroatoms. The molecule has 3 rings (SSSR count). The van der Waals surface area contributed by atoms with E-state index in [1.807, 2.05) is 55.5 Å². The van der Waals surface area contributed by atoms with Crippen molar-refractivity contribution in [3.05, 3.63) is 69.9 Å². The molecule has 0 amide bonds. The third kappa shape index (κ3) is 4.68. The SMILES string of the molecule is COCC[NH+](CCOC)Cc1c(-c2ccccc2)[nH]c2ccc(C)cc2c1=O. The summed E-state index contributed by atoms with van der Waals surface area (Å²) in [6.07, 6.45) is 0. The highest BCUT2D eigenvalue weighted by Gasteiger charge is 2.19. The van der Waals surface area contributed by atoms with Crippen molar-refractivity contribution in [2.45, 2.75) is 13.5 Å². The van der Waals surface area contributed by atoms with Gasteiger partial charge in [-0.25, -0.2) is 0 Å². The van der Waals surface area contributed by atoms with Crippen LogP contribution in [0.4, 0.5) is 0 Å². The molecule has 0 aliphatic heterocycles. The fourth-order valence-electron chi connectivity index (χ4n) is 3.51. The highest BCUT2D eigenvalue weighted by Crippen LogP contribution is 2.22. The maximum Gasteiger partial charge on any atom is 0.198 e. The number of pyridine rings is 1. The molecular formula is C23H29N2O3+. The number of ether oxygens (including phenoxy) is 2. The molecule has 5 nitrogen and oxygen atoms in total. The van der Waals surface area contributed by atoms with Crippen LogP contribution in [0.5, 0.6) is 0 Å². The van der Waals surface area contributed by atoms with Crippen LogP contribution in [0.15, 0.2) is 53.3 Å². The summed E-state index contributed by atoms with van der Waals surface area (Å²) in [4.78, 5) is 18.2. The number of benzene rings is 2. The molecule has 1 aromatic heterocycles. The Balaban J connectivity index is 2.11. The van der Waals surface area contributed by atoms with Crippen molar-refractivity contribution >= 4 is 10.9 Å². The molecule has 0 aliphatic carbocycles. The van der Waals surface area contributed by atoms with Gasteiger partial charge in [0.1, 0.15) is 19.6 Å². The standard InChI is InChI=1S/C23H28N2O3/c1-17-9-10-21-19(15-17)23(26)20(16-25(11-13-27-2)12-14-28-3)22(24-21)18-7-5-4-6-8-18/h4-10,15H,11-14,16H2,1-3H3,(H,24,26)/p+1. The fourth-order valence-corrected chi connectivity index (χ4v) is 3.51. The molecule has 1 heterocycles. The molecule has 0 spiro atoms. The van der Waals surface area contributed by atoms with Gasteiger partial charge in [-0.15, -0.1) is 0 Å². The average molecular weight is 381 g/mol. The van der Waals surface area contributed by atoms with Gasteiger partial charge in [-0.05, 0) is 24.6 Å². The van der Waals surface area contributed by atoms with E-state index in [4.69, 9.17) is 9.47 Å². The van der Waals surface area contributed by atoms with Crippen molar-refractivity contribution in [3.8, 4) is 11.3 Å². The van der Waals surface area contributed by atoms with E-state index in [1.165, 1.54) is 4.90 Å². The van der Waals surface area contributed by atoms with Gasteiger partial charge < -0.3 is 19.4 Å². The minimum Gasteiger partial charge on any atom is -0.379 e. The Morgan fingerprint density at radius 3 is 2.29 bits per heavy atom. The lowest BCUT2D eigenvalue weighted by Gasteiger charge is -2.21. The second-order valence-electron chi connectivity index (χ2n) is 7.14. The lowest BCUT2D eigenvalue weighted by Crippen LogP contribution is -3.12. The van der Waals surface area contributed by atoms with E-state index in [2.05, 4.69) is 4.98 Å². The zero-order valence-corrected chi connectivity index (χ0v) is 16.9. The second-order valence-corrected chi connectivity index (χ2v) is 7.14. The Labute approximate surface area is 165 Å². The van der Waals surface area contributed by atoms with Crippen molar-refractivity contribution in [1.29, 1.82) is 0 Å². The van der Waals surface area contributed by atoms with Crippen LogP contribution in [0.25, 0.3) is 22.2 Å². The largest absolute Gasteiger partial charge is 0.379 e. The number of hydrogen-bond acceptors (Lipinski definition) is 3. The van der Waals surface area contributed by atoms with Gasteiger partial charge >= 0.3 is 0 Å². The van der Waals surface area contributed by atoms with Crippen molar-refractivity contribution in [1.82, 2.24) is 4.98 Å². The van der Waals surface area contributed by atoms with Crippen molar-refractivity contribution in [2.24, 2.45) is 0 Å². The summed E-state index contributed by atoms with van der Waals surface area (Å²) in [6, 6.07) is 16.0. The molecule has 148 valence electrons. The van der Waals surface area contributed by atoms with Crippen LogP contribution in [0.1, 0.15) is 11.1 Å². The summed E-state index contributed by atoms with van der Waals surface area (Å²) in [5.41, 5.74) is 4.78. The van der Waals surface area contributed by atoms with Crippen LogP contribution in [0, 0.1) is 6.92 Å². The van der Waals surface area contributed by atoms with E-state index in [9.17, 15) is 4.79 Å². The van der Waals surface area contributed by atoms with Gasteiger partial charge in [0.05, 0.1) is 24.5 Å². The van der Waals surface area contributed by atoms with Crippen LogP contribution < -0.4 is 10.3 Å². The lowest BCUT2D eigenvalue weighted by atomic mass is 10.0. The maximum absolute atomic E-state index is 13.5. The molecule has 0 aliphatic rings. The number of nitrogens with one attached hydrogen (secondary N) is 2. The van der Waals surface area contributed by atoms with E-state index in [0.717, 1.165) is 46.4 Å². The van der Waals surface area contributed by atoms with E-state index < -0.39 is 0 Å². The number of aromatic amines is 1. The topological polar surface area (TPSA) is 55.8 Å². The highest BCUT2D eigenvalue weighted by atomic mass is 16.5. The first-order valence-corrected chi connectivity index (χ1v) is 9.66. The van der Waals surface area contributed by atoms with Gasteiger partial charge in [0.15, 0.2) is 5.43 Å². The predicted octanol–water partition coefficient (Wildman–Crippen LogP) is 2.18. The summed E-state index contributed by atoms with van der Waals surface area (Å²) >= 11 is 0. The number of quaternary nitrogens is 1. The molecule has 0 fully saturated rings. The minimum atomic E-state index is 0.101. The summed E-state index contributed by atoms with van der Waals surface area (Å²) in [5.74, 6) is 0. The quantitative estimate of drug-likeness (QED) is 0.597. The second kappa shape index (κ2) is 9.64. The number of H-pyrrole nitrogens is 1. The Morgan fingerprint density at radius 2 is 1.64 bits per heavy atom. The molecule has 2 N–H and O–H groups in total. The minimum absolute atomic E-state index is 0.101. The summed E-state index contributed by atoms with van der Waals surface area (Å²) < 4.78 is 10.5. The zero-order chi connectivity index (χ0) is 19.9. The van der Waals surface area contributed by atoms with Gasteiger partial charge in [-0.1, -0.05) is 42.0 Å². The molecule has 0 saturated heterocycles. The number of hydrogen-bond donors (Lipinski definition) is 2. The van der Waals surface area contributed by atoms with Crippen LogP contribution in [0.2, 0.25) is 0 Å². The molecule has 0 bridgehead atoms. The Morgan fingerprint density at radius 1 is 0.964 bits per heavy atom. The third-order valence-corrected chi connectivity index (χ3v) is 5.06. The Hall–Kier alpha value is -2.47. The molecule has 2 aromatic carbocycles. The first kappa shape index (κ1) is 20.3. The molecule has 0 saturated carbocycles. The number of methoxy groups -OCH3 is 2. The lowest BCUT2D eigenvalue weighted by molar-refractivity contribution is -0.914. The summed E-state index contributed by atoms with van der Waals surface area (Å²) in [6.45, 7) is 5.56. The smallest absolute Gasteiger partial charge is 0.198 e. The maximum atomic E-state index is 13.5. The van der Waals surface area contributed by atoms with Crippen LogP contribution in [-0.4, -0.2) is 45.5 Å². The van der Waals surface area contributed by atoms with Gasteiger partial charge in [-0.2, -0.15) is 0 Å². The summed E-state index contributed by atoms with van der Waals surface area (Å²) in [7, 11) is 3.41. The molecule has 0 unspecified atom stereocenters. The van der Waals surface area contributed by atoms with E-state index in [0.29, 0.717) is 19.8 Å². The number of rotatable bonds is 9. The van der Waals surface area contributed by atoms with E-state index >= 15 is 0 Å². The van der Waals surface area contributed by atoms with Gasteiger partial charge in [0, 0.05) is 25.1 Å². The normalized spacial score (nSPS) is 11.4.